The molecule has 0 fully saturated rings. The molecule has 5 heteroatoms. The summed E-state index contributed by atoms with van der Waals surface area (Å²) in [6.07, 6.45) is 3.54. The minimum absolute atomic E-state index is 0.466. The molecule has 2 N–H and O–H groups in total. The van der Waals surface area contributed by atoms with Crippen molar-refractivity contribution >= 4 is 21.7 Å². The van der Waals surface area contributed by atoms with Crippen molar-refractivity contribution in [3.63, 3.8) is 0 Å². The fourth-order valence-electron chi connectivity index (χ4n) is 1.13. The normalized spacial score (nSPS) is 10.4. The minimum Gasteiger partial charge on any atom is -0.381 e. The van der Waals surface area contributed by atoms with E-state index in [1.54, 1.807) is 17.1 Å². The van der Waals surface area contributed by atoms with Crippen molar-refractivity contribution in [2.24, 2.45) is 0 Å². The number of aryl methyl sites for hydroxylation is 1. The second-order valence-electron chi connectivity index (χ2n) is 3.00. The van der Waals surface area contributed by atoms with E-state index in [0.29, 0.717) is 5.82 Å². The lowest BCUT2D eigenvalue weighted by molar-refractivity contribution is 0.849. The Morgan fingerprint density at radius 2 is 2.29 bits per heavy atom. The summed E-state index contributed by atoms with van der Waals surface area (Å²) in [6, 6.07) is 3.88. The molecule has 2 rings (SSSR count). The van der Waals surface area contributed by atoms with Crippen molar-refractivity contribution in [1.29, 1.82) is 0 Å². The number of rotatable bonds is 1. The molecular formula is C9H9BrN4. The van der Waals surface area contributed by atoms with Gasteiger partial charge >= 0.3 is 0 Å². The Bertz CT molecular complexity index is 444. The number of hydrogen-bond donors (Lipinski definition) is 1. The third-order valence-electron chi connectivity index (χ3n) is 1.83. The molecule has 0 saturated heterocycles. The van der Waals surface area contributed by atoms with Gasteiger partial charge in [-0.15, -0.1) is 5.10 Å². The molecule has 2 aromatic heterocycles. The Balaban J connectivity index is 2.49. The van der Waals surface area contributed by atoms with Gasteiger partial charge in [-0.2, -0.15) is 0 Å². The van der Waals surface area contributed by atoms with Crippen LogP contribution in [0.1, 0.15) is 5.56 Å². The van der Waals surface area contributed by atoms with E-state index in [4.69, 9.17) is 5.73 Å². The fourth-order valence-corrected chi connectivity index (χ4v) is 1.40. The second kappa shape index (κ2) is 3.42. The monoisotopic (exact) mass is 252 g/mol. The Morgan fingerprint density at radius 3 is 2.86 bits per heavy atom. The van der Waals surface area contributed by atoms with Crippen molar-refractivity contribution in [3.05, 3.63) is 34.6 Å². The molecule has 0 saturated carbocycles. The highest BCUT2D eigenvalue weighted by Gasteiger charge is 2.04. The molecule has 2 heterocycles. The molecule has 0 aromatic carbocycles. The number of nitrogen functional groups attached to an aromatic ring is 1. The standard InChI is InChI=1S/C9H9BrN4/c1-6-2-3-12-8(4-6)14-5-7(10)9(11)13-14/h2-5H,1H3,(H2,11,13). The molecule has 0 aliphatic rings. The third-order valence-corrected chi connectivity index (χ3v) is 2.44. The van der Waals surface area contributed by atoms with Crippen LogP contribution in [0.4, 0.5) is 5.82 Å². The van der Waals surface area contributed by atoms with Crippen LogP contribution >= 0.6 is 15.9 Å². The van der Waals surface area contributed by atoms with E-state index < -0.39 is 0 Å². The average molecular weight is 253 g/mol. The predicted octanol–water partition coefficient (Wildman–Crippen LogP) is 1.92. The lowest BCUT2D eigenvalue weighted by atomic mass is 10.3. The van der Waals surface area contributed by atoms with Gasteiger partial charge in [0.25, 0.3) is 0 Å². The molecule has 0 unspecified atom stereocenters. The Kier molecular flexibility index (Phi) is 2.25. The topological polar surface area (TPSA) is 56.7 Å². The van der Waals surface area contributed by atoms with Gasteiger partial charge in [-0.1, -0.05) is 0 Å². The summed E-state index contributed by atoms with van der Waals surface area (Å²) in [5, 5.41) is 4.11. The van der Waals surface area contributed by atoms with E-state index in [9.17, 15) is 0 Å². The van der Waals surface area contributed by atoms with Crippen LogP contribution in [0.2, 0.25) is 0 Å². The third kappa shape index (κ3) is 1.63. The molecule has 0 spiro atoms. The first-order chi connectivity index (χ1) is 6.66. The maximum absolute atomic E-state index is 5.61. The van der Waals surface area contributed by atoms with Crippen molar-refractivity contribution < 1.29 is 0 Å². The lowest BCUT2D eigenvalue weighted by Gasteiger charge is -1.99. The summed E-state index contributed by atoms with van der Waals surface area (Å²) in [5.74, 6) is 1.23. The van der Waals surface area contributed by atoms with Gasteiger partial charge in [-0.3, -0.25) is 0 Å². The van der Waals surface area contributed by atoms with Crippen LogP contribution in [0.15, 0.2) is 29.0 Å². The van der Waals surface area contributed by atoms with Crippen molar-refractivity contribution in [3.8, 4) is 5.82 Å². The SMILES string of the molecule is Cc1ccnc(-n2cc(Br)c(N)n2)c1. The number of nitrogens with two attached hydrogens (primary N) is 1. The molecule has 0 bridgehead atoms. The molecule has 2 aromatic rings. The maximum Gasteiger partial charge on any atom is 0.160 e. The van der Waals surface area contributed by atoms with Crippen LogP contribution in [-0.2, 0) is 0 Å². The van der Waals surface area contributed by atoms with Gasteiger partial charge in [0.15, 0.2) is 11.6 Å². The lowest BCUT2D eigenvalue weighted by Crippen LogP contribution is -1.98. The Hall–Kier alpha value is -1.36. The van der Waals surface area contributed by atoms with E-state index in [1.807, 2.05) is 19.1 Å². The average Bonchev–Trinajstić information content (AvgIpc) is 2.47. The van der Waals surface area contributed by atoms with E-state index >= 15 is 0 Å². The van der Waals surface area contributed by atoms with Crippen LogP contribution in [0, 0.1) is 6.92 Å². The first-order valence-corrected chi connectivity index (χ1v) is 4.90. The number of aromatic nitrogens is 3. The molecule has 4 nitrogen and oxygen atoms in total. The Morgan fingerprint density at radius 1 is 1.50 bits per heavy atom. The molecular weight excluding hydrogens is 244 g/mol. The highest BCUT2D eigenvalue weighted by molar-refractivity contribution is 9.10. The van der Waals surface area contributed by atoms with Gasteiger partial charge in [0.1, 0.15) is 0 Å². The van der Waals surface area contributed by atoms with Gasteiger partial charge in [-0.05, 0) is 40.5 Å². The first kappa shape index (κ1) is 9.21. The van der Waals surface area contributed by atoms with E-state index in [0.717, 1.165) is 15.9 Å². The number of halogens is 1. The van der Waals surface area contributed by atoms with E-state index in [-0.39, 0.29) is 0 Å². The molecule has 0 atom stereocenters. The quantitative estimate of drug-likeness (QED) is 0.844. The molecule has 0 radical (unpaired) electrons. The minimum atomic E-state index is 0.466. The van der Waals surface area contributed by atoms with Crippen molar-refractivity contribution in [2.45, 2.75) is 6.92 Å². The van der Waals surface area contributed by atoms with Crippen LogP contribution in [0.25, 0.3) is 5.82 Å². The zero-order valence-corrected chi connectivity index (χ0v) is 9.19. The predicted molar refractivity (Wildman–Crippen MR) is 58.2 cm³/mol. The van der Waals surface area contributed by atoms with Crippen molar-refractivity contribution in [2.75, 3.05) is 5.73 Å². The van der Waals surface area contributed by atoms with Crippen LogP contribution < -0.4 is 5.73 Å². The summed E-state index contributed by atoms with van der Waals surface area (Å²) >= 11 is 3.30. The largest absolute Gasteiger partial charge is 0.381 e. The highest BCUT2D eigenvalue weighted by atomic mass is 79.9. The molecule has 0 amide bonds. The Labute approximate surface area is 89.9 Å². The van der Waals surface area contributed by atoms with Crippen molar-refractivity contribution in [1.82, 2.24) is 14.8 Å². The molecule has 0 aliphatic heterocycles. The maximum atomic E-state index is 5.61. The summed E-state index contributed by atoms with van der Waals surface area (Å²) < 4.78 is 2.42. The fraction of sp³-hybridized carbons (Fsp3) is 0.111. The first-order valence-electron chi connectivity index (χ1n) is 4.10. The van der Waals surface area contributed by atoms with Gasteiger partial charge in [-0.25, -0.2) is 9.67 Å². The van der Waals surface area contributed by atoms with Crippen LogP contribution in [0.5, 0.6) is 0 Å². The number of pyridine rings is 1. The summed E-state index contributed by atoms with van der Waals surface area (Å²) in [7, 11) is 0. The van der Waals surface area contributed by atoms with Gasteiger partial charge in [0.2, 0.25) is 0 Å². The van der Waals surface area contributed by atoms with Gasteiger partial charge < -0.3 is 5.73 Å². The number of hydrogen-bond acceptors (Lipinski definition) is 3. The summed E-state index contributed by atoms with van der Waals surface area (Å²) in [5.41, 5.74) is 6.75. The summed E-state index contributed by atoms with van der Waals surface area (Å²) in [4.78, 5) is 4.19. The smallest absolute Gasteiger partial charge is 0.160 e. The van der Waals surface area contributed by atoms with E-state index in [1.165, 1.54) is 0 Å². The zero-order valence-electron chi connectivity index (χ0n) is 7.61. The van der Waals surface area contributed by atoms with Gasteiger partial charge in [0.05, 0.1) is 4.47 Å². The second-order valence-corrected chi connectivity index (χ2v) is 3.85. The molecule has 0 aliphatic carbocycles. The highest BCUT2D eigenvalue weighted by Crippen LogP contribution is 2.18. The van der Waals surface area contributed by atoms with Crippen LogP contribution in [-0.4, -0.2) is 14.8 Å². The van der Waals surface area contributed by atoms with E-state index in [2.05, 4.69) is 26.0 Å². The molecule has 72 valence electrons. The molecule has 14 heavy (non-hydrogen) atoms. The number of nitrogens with zero attached hydrogens (tertiary/aromatic N) is 3. The zero-order chi connectivity index (χ0) is 10.1. The number of anilines is 1. The van der Waals surface area contributed by atoms with Crippen LogP contribution in [0.3, 0.4) is 0 Å². The van der Waals surface area contributed by atoms with Gasteiger partial charge in [0, 0.05) is 12.4 Å². The summed E-state index contributed by atoms with van der Waals surface area (Å²) in [6.45, 7) is 2.01.